The van der Waals surface area contributed by atoms with Crippen molar-refractivity contribution in [2.24, 2.45) is 5.73 Å². The fourth-order valence-corrected chi connectivity index (χ4v) is 4.14. The maximum atomic E-state index is 12.1. The molecule has 0 amide bonds. The Balaban J connectivity index is 3.03. The van der Waals surface area contributed by atoms with E-state index in [9.17, 15) is 8.42 Å². The van der Waals surface area contributed by atoms with Gasteiger partial charge in [-0.1, -0.05) is 32.6 Å². The van der Waals surface area contributed by atoms with Crippen molar-refractivity contribution in [2.75, 3.05) is 20.1 Å². The predicted molar refractivity (Wildman–Crippen MR) is 69.8 cm³/mol. The predicted octanol–water partition coefficient (Wildman–Crippen LogP) is 0.824. The molecule has 0 heterocycles. The van der Waals surface area contributed by atoms with E-state index in [-0.39, 0.29) is 5.54 Å². The molecule has 3 N–H and O–H groups in total. The summed E-state index contributed by atoms with van der Waals surface area (Å²) < 4.78 is 28.1. The van der Waals surface area contributed by atoms with Crippen molar-refractivity contribution in [3.8, 4) is 0 Å². The van der Waals surface area contributed by atoms with Crippen LogP contribution in [0.5, 0.6) is 0 Å². The third-order valence-electron chi connectivity index (χ3n) is 3.78. The summed E-state index contributed by atoms with van der Waals surface area (Å²) in [6.07, 6.45) is 6.23. The molecule has 0 aromatic rings. The first-order valence-corrected chi connectivity index (χ1v) is 7.88. The van der Waals surface area contributed by atoms with Crippen LogP contribution in [0.15, 0.2) is 0 Å². The van der Waals surface area contributed by atoms with Gasteiger partial charge in [-0.2, -0.15) is 12.7 Å². The van der Waals surface area contributed by atoms with Gasteiger partial charge < -0.3 is 5.73 Å². The molecule has 0 unspecified atom stereocenters. The van der Waals surface area contributed by atoms with E-state index in [0.29, 0.717) is 13.1 Å². The molecule has 1 aliphatic rings. The van der Waals surface area contributed by atoms with Gasteiger partial charge in [-0.15, -0.1) is 0 Å². The maximum absolute atomic E-state index is 12.1. The summed E-state index contributed by atoms with van der Waals surface area (Å²) in [6.45, 7) is 2.75. The topological polar surface area (TPSA) is 75.4 Å². The second kappa shape index (κ2) is 6.13. The third kappa shape index (κ3) is 3.19. The molecule has 0 saturated heterocycles. The van der Waals surface area contributed by atoms with E-state index in [2.05, 4.69) is 4.72 Å². The van der Waals surface area contributed by atoms with Crippen molar-refractivity contribution < 1.29 is 8.42 Å². The summed E-state index contributed by atoms with van der Waals surface area (Å²) in [5.41, 5.74) is 5.52. The van der Waals surface area contributed by atoms with Crippen molar-refractivity contribution in [3.63, 3.8) is 0 Å². The van der Waals surface area contributed by atoms with Crippen LogP contribution in [-0.4, -0.2) is 38.4 Å². The molecule has 102 valence electrons. The second-order valence-electron chi connectivity index (χ2n) is 4.72. The zero-order chi connectivity index (χ0) is 12.9. The summed E-state index contributed by atoms with van der Waals surface area (Å²) in [5.74, 6) is 0. The normalized spacial score (nSPS) is 21.4. The van der Waals surface area contributed by atoms with Crippen LogP contribution in [0, 0.1) is 0 Å². The van der Waals surface area contributed by atoms with Gasteiger partial charge in [0.05, 0.1) is 0 Å². The third-order valence-corrected chi connectivity index (χ3v) is 5.52. The van der Waals surface area contributed by atoms with Gasteiger partial charge in [-0.3, -0.25) is 0 Å². The highest BCUT2D eigenvalue weighted by Gasteiger charge is 2.41. The molecule has 1 saturated carbocycles. The van der Waals surface area contributed by atoms with E-state index in [1.54, 1.807) is 4.31 Å². The summed E-state index contributed by atoms with van der Waals surface area (Å²) in [4.78, 5) is 0. The van der Waals surface area contributed by atoms with Gasteiger partial charge in [-0.05, 0) is 12.8 Å². The van der Waals surface area contributed by atoms with Crippen LogP contribution in [0.1, 0.15) is 45.4 Å². The van der Waals surface area contributed by atoms with Crippen molar-refractivity contribution >= 4 is 10.2 Å². The van der Waals surface area contributed by atoms with Crippen molar-refractivity contribution in [1.82, 2.24) is 9.03 Å². The van der Waals surface area contributed by atoms with E-state index in [0.717, 1.165) is 25.7 Å². The highest BCUT2D eigenvalue weighted by Crippen LogP contribution is 2.33. The molecule has 0 spiro atoms. The number of hydrogen-bond donors (Lipinski definition) is 2. The average Bonchev–Trinajstić information content (AvgIpc) is 2.56. The number of nitrogens with one attached hydrogen (secondary N) is 1. The summed E-state index contributed by atoms with van der Waals surface area (Å²) in [6, 6.07) is 0. The quantitative estimate of drug-likeness (QED) is 0.721. The molecule has 1 aliphatic carbocycles. The van der Waals surface area contributed by atoms with Crippen LogP contribution < -0.4 is 10.5 Å². The van der Waals surface area contributed by atoms with E-state index in [1.807, 2.05) is 6.92 Å². The lowest BCUT2D eigenvalue weighted by Gasteiger charge is -2.41. The largest absolute Gasteiger partial charge is 0.329 e. The van der Waals surface area contributed by atoms with Crippen molar-refractivity contribution in [2.45, 2.75) is 51.0 Å². The molecular weight excluding hydrogens is 238 g/mol. The van der Waals surface area contributed by atoms with Crippen LogP contribution in [0.25, 0.3) is 0 Å². The van der Waals surface area contributed by atoms with Crippen LogP contribution in [0.4, 0.5) is 0 Å². The zero-order valence-corrected chi connectivity index (χ0v) is 11.7. The fraction of sp³-hybridized carbons (Fsp3) is 1.00. The number of hydrogen-bond acceptors (Lipinski definition) is 3. The lowest BCUT2D eigenvalue weighted by atomic mass is 9.90. The van der Waals surface area contributed by atoms with Gasteiger partial charge in [0.25, 0.3) is 10.2 Å². The van der Waals surface area contributed by atoms with E-state index in [4.69, 9.17) is 5.73 Å². The Morgan fingerprint density at radius 2 is 1.76 bits per heavy atom. The molecule has 1 fully saturated rings. The highest BCUT2D eigenvalue weighted by atomic mass is 32.2. The smallest absolute Gasteiger partial charge is 0.279 e. The molecule has 5 nitrogen and oxygen atoms in total. The molecule has 1 rings (SSSR count). The number of nitrogens with two attached hydrogens (primary N) is 1. The van der Waals surface area contributed by atoms with Gasteiger partial charge in [0, 0.05) is 25.7 Å². The number of rotatable bonds is 5. The van der Waals surface area contributed by atoms with Gasteiger partial charge in [0.1, 0.15) is 0 Å². The standard InChI is InChI=1S/C11H25N3O2S/c1-3-14(17(15,16)13-2)11(10-12)8-6-4-5-7-9-11/h13H,3-10,12H2,1-2H3. The molecule has 17 heavy (non-hydrogen) atoms. The second-order valence-corrected chi connectivity index (χ2v) is 6.52. The highest BCUT2D eigenvalue weighted by molar-refractivity contribution is 7.87. The van der Waals surface area contributed by atoms with Crippen LogP contribution in [-0.2, 0) is 10.2 Å². The van der Waals surface area contributed by atoms with E-state index < -0.39 is 10.2 Å². The maximum Gasteiger partial charge on any atom is 0.279 e. The van der Waals surface area contributed by atoms with Gasteiger partial charge >= 0.3 is 0 Å². The van der Waals surface area contributed by atoms with Crippen molar-refractivity contribution in [1.29, 1.82) is 0 Å². The molecule has 0 radical (unpaired) electrons. The molecule has 0 bridgehead atoms. The first-order chi connectivity index (χ1) is 8.02. The first kappa shape index (κ1) is 14.9. The summed E-state index contributed by atoms with van der Waals surface area (Å²) in [5, 5.41) is 0. The minimum absolute atomic E-state index is 0.382. The van der Waals surface area contributed by atoms with Gasteiger partial charge in [0.15, 0.2) is 0 Å². The first-order valence-electron chi connectivity index (χ1n) is 6.44. The Hall–Kier alpha value is -0.170. The Morgan fingerprint density at radius 3 is 2.12 bits per heavy atom. The molecular formula is C11H25N3O2S. The Labute approximate surface area is 105 Å². The fourth-order valence-electron chi connectivity index (χ4n) is 2.81. The Morgan fingerprint density at radius 1 is 1.24 bits per heavy atom. The van der Waals surface area contributed by atoms with Crippen LogP contribution in [0.3, 0.4) is 0 Å². The Kier molecular flexibility index (Phi) is 5.37. The zero-order valence-electron chi connectivity index (χ0n) is 10.9. The Bertz CT molecular complexity index is 322. The minimum atomic E-state index is -3.39. The average molecular weight is 263 g/mol. The van der Waals surface area contributed by atoms with Gasteiger partial charge in [-0.25, -0.2) is 4.72 Å². The van der Waals surface area contributed by atoms with E-state index >= 15 is 0 Å². The van der Waals surface area contributed by atoms with Crippen LogP contribution >= 0.6 is 0 Å². The monoisotopic (exact) mass is 263 g/mol. The molecule has 6 heteroatoms. The van der Waals surface area contributed by atoms with Crippen LogP contribution in [0.2, 0.25) is 0 Å². The summed E-state index contributed by atoms with van der Waals surface area (Å²) >= 11 is 0. The molecule has 0 aliphatic heterocycles. The minimum Gasteiger partial charge on any atom is -0.329 e. The van der Waals surface area contributed by atoms with Crippen molar-refractivity contribution in [3.05, 3.63) is 0 Å². The number of likely N-dealkylation sites (N-methyl/N-ethyl adjacent to an activating group) is 1. The van der Waals surface area contributed by atoms with E-state index in [1.165, 1.54) is 19.9 Å². The SMILES string of the molecule is CCN(C1(CN)CCCCCC1)S(=O)(=O)NC. The molecule has 0 atom stereocenters. The lowest BCUT2D eigenvalue weighted by Crippen LogP contribution is -2.58. The summed E-state index contributed by atoms with van der Waals surface area (Å²) in [7, 11) is -1.94. The lowest BCUT2D eigenvalue weighted by molar-refractivity contribution is 0.172. The van der Waals surface area contributed by atoms with Gasteiger partial charge in [0.2, 0.25) is 0 Å². The molecule has 0 aromatic carbocycles. The molecule has 0 aromatic heterocycles. The number of nitrogens with zero attached hydrogens (tertiary/aromatic N) is 1.